The van der Waals surface area contributed by atoms with E-state index in [1.807, 2.05) is 12.1 Å². The van der Waals surface area contributed by atoms with Gasteiger partial charge in [-0.25, -0.2) is 0 Å². The van der Waals surface area contributed by atoms with Crippen LogP contribution >= 0.6 is 11.6 Å². The summed E-state index contributed by atoms with van der Waals surface area (Å²) in [4.78, 5) is 14.5. The van der Waals surface area contributed by atoms with Gasteiger partial charge in [-0.2, -0.15) is 0 Å². The van der Waals surface area contributed by atoms with E-state index >= 15 is 0 Å². The van der Waals surface area contributed by atoms with Gasteiger partial charge < -0.3 is 15.5 Å². The number of nitrogens with two attached hydrogens (primary N) is 1. The Bertz CT molecular complexity index is 788. The lowest BCUT2D eigenvalue weighted by atomic mass is 9.68. The molecule has 4 unspecified atom stereocenters. The molecule has 2 aromatic rings. The van der Waals surface area contributed by atoms with Crippen LogP contribution in [-0.2, 0) is 0 Å². The number of aromatic nitrogens is 1. The van der Waals surface area contributed by atoms with Crippen molar-refractivity contribution in [1.82, 2.24) is 4.98 Å². The van der Waals surface area contributed by atoms with Crippen LogP contribution in [0.5, 0.6) is 5.75 Å². The molecule has 2 aliphatic rings. The molecule has 1 heterocycles. The van der Waals surface area contributed by atoms with Crippen LogP contribution < -0.4 is 16.0 Å². The second kappa shape index (κ2) is 5.84. The average Bonchev–Trinajstić information content (AvgIpc) is 2.55. The first kappa shape index (κ1) is 15.0. The van der Waals surface area contributed by atoms with E-state index in [9.17, 15) is 4.79 Å². The third-order valence-electron chi connectivity index (χ3n) is 5.53. The largest absolute Gasteiger partial charge is 0.489 e. The molecule has 0 amide bonds. The monoisotopic (exact) mass is 332 g/mol. The number of hydrogen-bond donors (Lipinski definition) is 2. The fourth-order valence-corrected chi connectivity index (χ4v) is 4.41. The summed E-state index contributed by atoms with van der Waals surface area (Å²) in [5, 5.41) is 1.95. The zero-order chi connectivity index (χ0) is 16.0. The van der Waals surface area contributed by atoms with E-state index in [2.05, 4.69) is 4.98 Å². The van der Waals surface area contributed by atoms with Crippen LogP contribution in [0, 0.1) is 11.8 Å². The lowest BCUT2D eigenvalue weighted by Crippen LogP contribution is -2.45. The Morgan fingerprint density at radius 3 is 2.87 bits per heavy atom. The molecule has 2 aliphatic carbocycles. The third kappa shape index (κ3) is 2.74. The van der Waals surface area contributed by atoms with Gasteiger partial charge in [0.1, 0.15) is 11.9 Å². The van der Waals surface area contributed by atoms with Gasteiger partial charge in [0.15, 0.2) is 0 Å². The fraction of sp³-hybridized carbons (Fsp3) is 0.500. The van der Waals surface area contributed by atoms with Crippen molar-refractivity contribution in [2.24, 2.45) is 17.6 Å². The molecule has 0 spiro atoms. The third-order valence-corrected chi connectivity index (χ3v) is 5.83. The summed E-state index contributed by atoms with van der Waals surface area (Å²) in [7, 11) is 0. The quantitative estimate of drug-likeness (QED) is 0.884. The van der Waals surface area contributed by atoms with E-state index in [1.165, 1.54) is 0 Å². The Labute approximate surface area is 140 Å². The molecule has 0 aliphatic heterocycles. The average molecular weight is 333 g/mol. The van der Waals surface area contributed by atoms with Crippen LogP contribution in [0.25, 0.3) is 10.8 Å². The van der Waals surface area contributed by atoms with E-state index < -0.39 is 0 Å². The number of nitrogens with one attached hydrogen (secondary N) is 1. The van der Waals surface area contributed by atoms with Crippen molar-refractivity contribution in [3.05, 3.63) is 39.8 Å². The van der Waals surface area contributed by atoms with Crippen LogP contribution in [0.4, 0.5) is 0 Å². The molecule has 2 saturated carbocycles. The Morgan fingerprint density at radius 2 is 2.00 bits per heavy atom. The predicted octanol–water partition coefficient (Wildman–Crippen LogP) is 3.47. The lowest BCUT2D eigenvalue weighted by Gasteiger charge is -2.43. The summed E-state index contributed by atoms with van der Waals surface area (Å²) in [6, 6.07) is 5.82. The summed E-state index contributed by atoms with van der Waals surface area (Å²) in [5.74, 6) is 1.90. The van der Waals surface area contributed by atoms with Crippen molar-refractivity contribution < 1.29 is 4.74 Å². The first-order valence-corrected chi connectivity index (χ1v) is 8.73. The number of aromatic amines is 1. The number of H-pyrrole nitrogens is 1. The molecule has 2 fully saturated rings. The van der Waals surface area contributed by atoms with Crippen LogP contribution in [0.15, 0.2) is 29.2 Å². The van der Waals surface area contributed by atoms with E-state index in [1.54, 1.807) is 12.3 Å². The van der Waals surface area contributed by atoms with Crippen molar-refractivity contribution in [3.8, 4) is 5.75 Å². The highest BCUT2D eigenvalue weighted by Gasteiger charge is 2.38. The van der Waals surface area contributed by atoms with Gasteiger partial charge in [0.25, 0.3) is 5.56 Å². The predicted molar refractivity (Wildman–Crippen MR) is 92.0 cm³/mol. The van der Waals surface area contributed by atoms with E-state index in [0.29, 0.717) is 34.0 Å². The summed E-state index contributed by atoms with van der Waals surface area (Å²) < 4.78 is 6.27. The highest BCUT2D eigenvalue weighted by atomic mass is 35.5. The molecule has 4 nitrogen and oxygen atoms in total. The zero-order valence-corrected chi connectivity index (χ0v) is 13.7. The molecule has 4 atom stereocenters. The molecule has 0 radical (unpaired) electrons. The molecular formula is C18H21ClN2O2. The number of pyridine rings is 1. The standard InChI is InChI=1S/C18H21ClN2O2/c19-14-9-13-10(5-6-21-18(13)22)8-17(14)23-16-4-2-11-7-12(16)1-3-15(11)20/h5-6,8-9,11-12,15-16H,1-4,7,20H2,(H,21,22). The smallest absolute Gasteiger partial charge is 0.255 e. The van der Waals surface area contributed by atoms with Crippen LogP contribution in [0.1, 0.15) is 32.1 Å². The SMILES string of the molecule is NC1CCC2CC1CCC2Oc1cc2cc[nH]c(=O)c2cc1Cl. The van der Waals surface area contributed by atoms with Crippen LogP contribution in [0.3, 0.4) is 0 Å². The molecule has 1 aromatic heterocycles. The molecule has 2 bridgehead atoms. The molecule has 3 N–H and O–H groups in total. The topological polar surface area (TPSA) is 68.1 Å². The Morgan fingerprint density at radius 1 is 1.17 bits per heavy atom. The Hall–Kier alpha value is -1.52. The number of fused-ring (bicyclic) bond motifs is 3. The number of hydrogen-bond acceptors (Lipinski definition) is 3. The van der Waals surface area contributed by atoms with Gasteiger partial charge in [-0.05, 0) is 67.5 Å². The molecule has 1 aromatic carbocycles. The first-order chi connectivity index (χ1) is 11.1. The maximum Gasteiger partial charge on any atom is 0.255 e. The fourth-order valence-electron chi connectivity index (χ4n) is 4.20. The molecular weight excluding hydrogens is 312 g/mol. The van der Waals surface area contributed by atoms with Gasteiger partial charge in [0.2, 0.25) is 0 Å². The van der Waals surface area contributed by atoms with Crippen molar-refractivity contribution in [2.75, 3.05) is 0 Å². The van der Waals surface area contributed by atoms with Crippen LogP contribution in [0.2, 0.25) is 5.02 Å². The summed E-state index contributed by atoms with van der Waals surface area (Å²) >= 11 is 6.35. The van der Waals surface area contributed by atoms with Crippen molar-refractivity contribution in [2.45, 2.75) is 44.2 Å². The second-order valence-corrected chi connectivity index (χ2v) is 7.31. The molecule has 5 heteroatoms. The highest BCUT2D eigenvalue weighted by molar-refractivity contribution is 6.32. The number of benzene rings is 1. The van der Waals surface area contributed by atoms with Gasteiger partial charge >= 0.3 is 0 Å². The van der Waals surface area contributed by atoms with Crippen LogP contribution in [-0.4, -0.2) is 17.1 Å². The summed E-state index contributed by atoms with van der Waals surface area (Å²) in [6.45, 7) is 0. The maximum atomic E-state index is 11.8. The normalized spacial score (nSPS) is 30.3. The molecule has 23 heavy (non-hydrogen) atoms. The minimum absolute atomic E-state index is 0.127. The van der Waals surface area contributed by atoms with Gasteiger partial charge in [-0.3, -0.25) is 4.79 Å². The lowest BCUT2D eigenvalue weighted by molar-refractivity contribution is 0.0321. The summed E-state index contributed by atoms with van der Waals surface area (Å²) in [5.41, 5.74) is 6.06. The minimum Gasteiger partial charge on any atom is -0.489 e. The number of ether oxygens (including phenoxy) is 1. The van der Waals surface area contributed by atoms with Crippen molar-refractivity contribution >= 4 is 22.4 Å². The van der Waals surface area contributed by atoms with E-state index in [-0.39, 0.29) is 11.7 Å². The number of rotatable bonds is 2. The maximum absolute atomic E-state index is 11.8. The van der Waals surface area contributed by atoms with Crippen molar-refractivity contribution in [1.29, 1.82) is 0 Å². The Balaban J connectivity index is 1.60. The van der Waals surface area contributed by atoms with Gasteiger partial charge in [-0.1, -0.05) is 11.6 Å². The molecule has 122 valence electrons. The summed E-state index contributed by atoms with van der Waals surface area (Å²) in [6.07, 6.45) is 7.41. The minimum atomic E-state index is -0.127. The van der Waals surface area contributed by atoms with Gasteiger partial charge in [0.05, 0.1) is 5.02 Å². The van der Waals surface area contributed by atoms with Gasteiger partial charge in [-0.15, -0.1) is 0 Å². The second-order valence-electron chi connectivity index (χ2n) is 6.91. The van der Waals surface area contributed by atoms with E-state index in [4.69, 9.17) is 22.1 Å². The Kier molecular flexibility index (Phi) is 3.82. The van der Waals surface area contributed by atoms with Crippen molar-refractivity contribution in [3.63, 3.8) is 0 Å². The molecule has 0 saturated heterocycles. The molecule has 4 rings (SSSR count). The number of halogens is 1. The zero-order valence-electron chi connectivity index (χ0n) is 12.9. The first-order valence-electron chi connectivity index (χ1n) is 8.35. The highest BCUT2D eigenvalue weighted by Crippen LogP contribution is 2.42. The van der Waals surface area contributed by atoms with E-state index in [0.717, 1.165) is 37.5 Å². The van der Waals surface area contributed by atoms with Gasteiger partial charge in [0, 0.05) is 17.6 Å².